The minimum absolute atomic E-state index is 0.218. The van der Waals surface area contributed by atoms with E-state index >= 15 is 17.6 Å². The summed E-state index contributed by atoms with van der Waals surface area (Å²) in [6.07, 6.45) is 0.988. The SMILES string of the molecule is C/C=C(\N)COc1ccc(-c2cc(CC3=C(c4cc(-c5ccccc5)sc4C)C(F)(F)C(F)(F)C3(F)F)c(C)s2)cc1. The highest BCUT2D eigenvalue weighted by Crippen LogP contribution is 2.63. The third-order valence-corrected chi connectivity index (χ3v) is 9.57. The monoisotopic (exact) mass is 619 g/mol. The molecule has 0 atom stereocenters. The van der Waals surface area contributed by atoms with Gasteiger partial charge in [-0.1, -0.05) is 36.4 Å². The zero-order valence-electron chi connectivity index (χ0n) is 22.9. The third-order valence-electron chi connectivity index (χ3n) is 7.33. The predicted molar refractivity (Wildman–Crippen MR) is 158 cm³/mol. The molecule has 0 bridgehead atoms. The molecule has 4 aromatic rings. The molecule has 5 rings (SSSR count). The van der Waals surface area contributed by atoms with Gasteiger partial charge in [0.15, 0.2) is 0 Å². The number of alkyl halides is 6. The number of nitrogens with two attached hydrogens (primary N) is 1. The van der Waals surface area contributed by atoms with E-state index in [1.165, 1.54) is 24.3 Å². The molecule has 0 aliphatic heterocycles. The molecule has 10 heteroatoms. The Balaban J connectivity index is 1.54. The summed E-state index contributed by atoms with van der Waals surface area (Å²) < 4.78 is 96.6. The minimum Gasteiger partial charge on any atom is -0.487 e. The van der Waals surface area contributed by atoms with Gasteiger partial charge in [0.2, 0.25) is 0 Å². The maximum Gasteiger partial charge on any atom is 0.380 e. The predicted octanol–water partition coefficient (Wildman–Crippen LogP) is 9.92. The molecule has 0 unspecified atom stereocenters. The summed E-state index contributed by atoms with van der Waals surface area (Å²) >= 11 is 2.37. The first-order valence-corrected chi connectivity index (χ1v) is 14.7. The van der Waals surface area contributed by atoms with E-state index in [4.69, 9.17) is 10.5 Å². The van der Waals surface area contributed by atoms with Crippen molar-refractivity contribution in [1.29, 1.82) is 0 Å². The van der Waals surface area contributed by atoms with Crippen LogP contribution in [0.2, 0.25) is 0 Å². The highest BCUT2D eigenvalue weighted by atomic mass is 32.1. The van der Waals surface area contributed by atoms with Gasteiger partial charge in [-0.15, -0.1) is 22.7 Å². The molecular weight excluding hydrogens is 592 g/mol. The average molecular weight is 620 g/mol. The van der Waals surface area contributed by atoms with Gasteiger partial charge in [-0.05, 0) is 79.4 Å². The van der Waals surface area contributed by atoms with Crippen molar-refractivity contribution in [3.05, 3.63) is 105 Å². The van der Waals surface area contributed by atoms with Gasteiger partial charge in [0.25, 0.3) is 0 Å². The lowest BCUT2D eigenvalue weighted by Crippen LogP contribution is -2.49. The highest BCUT2D eigenvalue weighted by Gasteiger charge is 2.80. The molecule has 1 aliphatic carbocycles. The third kappa shape index (κ3) is 5.04. The van der Waals surface area contributed by atoms with Gasteiger partial charge in [-0.2, -0.15) is 26.3 Å². The molecule has 0 saturated carbocycles. The molecule has 42 heavy (non-hydrogen) atoms. The van der Waals surface area contributed by atoms with Crippen LogP contribution in [0.1, 0.15) is 27.8 Å². The van der Waals surface area contributed by atoms with Gasteiger partial charge in [-0.3, -0.25) is 0 Å². The van der Waals surface area contributed by atoms with Crippen molar-refractivity contribution in [2.75, 3.05) is 6.61 Å². The molecule has 0 radical (unpaired) electrons. The molecule has 2 heterocycles. The van der Waals surface area contributed by atoms with Crippen molar-refractivity contribution in [3.63, 3.8) is 0 Å². The summed E-state index contributed by atoms with van der Waals surface area (Å²) in [5.41, 5.74) is 5.20. The number of halogens is 6. The number of aryl methyl sites for hydroxylation is 2. The normalized spacial score (nSPS) is 17.6. The van der Waals surface area contributed by atoms with Crippen LogP contribution in [0.4, 0.5) is 26.3 Å². The Hall–Kier alpha value is -3.50. The summed E-state index contributed by atoms with van der Waals surface area (Å²) in [4.78, 5) is 2.04. The molecule has 0 saturated heterocycles. The maximum atomic E-state index is 15.4. The van der Waals surface area contributed by atoms with E-state index in [0.717, 1.165) is 16.9 Å². The van der Waals surface area contributed by atoms with E-state index < -0.39 is 35.3 Å². The first-order chi connectivity index (χ1) is 19.8. The highest BCUT2D eigenvalue weighted by molar-refractivity contribution is 7.16. The van der Waals surface area contributed by atoms with Crippen molar-refractivity contribution in [1.82, 2.24) is 0 Å². The number of hydrogen-bond acceptors (Lipinski definition) is 4. The number of hydrogen-bond donors (Lipinski definition) is 1. The second-order valence-electron chi connectivity index (χ2n) is 10.1. The van der Waals surface area contributed by atoms with E-state index in [1.807, 2.05) is 0 Å². The van der Waals surface area contributed by atoms with Crippen molar-refractivity contribution < 1.29 is 31.1 Å². The van der Waals surface area contributed by atoms with E-state index in [2.05, 4.69) is 0 Å². The van der Waals surface area contributed by atoms with Gasteiger partial charge in [0.05, 0.1) is 0 Å². The first-order valence-electron chi connectivity index (χ1n) is 13.0. The van der Waals surface area contributed by atoms with Gasteiger partial charge in [-0.25, -0.2) is 0 Å². The fourth-order valence-electron chi connectivity index (χ4n) is 4.89. The zero-order valence-corrected chi connectivity index (χ0v) is 24.5. The zero-order chi connectivity index (χ0) is 30.4. The lowest BCUT2D eigenvalue weighted by molar-refractivity contribution is -0.260. The van der Waals surface area contributed by atoms with Gasteiger partial charge >= 0.3 is 17.8 Å². The Kier molecular flexibility index (Phi) is 7.83. The van der Waals surface area contributed by atoms with Crippen LogP contribution in [0.5, 0.6) is 5.75 Å². The lowest BCUT2D eigenvalue weighted by Gasteiger charge is -2.25. The van der Waals surface area contributed by atoms with Crippen LogP contribution in [-0.4, -0.2) is 24.4 Å². The molecule has 2 aromatic heterocycles. The van der Waals surface area contributed by atoms with E-state index in [9.17, 15) is 8.78 Å². The Bertz CT molecular complexity index is 1670. The molecular formula is C32H27F6NOS2. The summed E-state index contributed by atoms with van der Waals surface area (Å²) in [6, 6.07) is 18.7. The largest absolute Gasteiger partial charge is 0.487 e. The number of allylic oxidation sites excluding steroid dienone is 3. The fourth-order valence-corrected chi connectivity index (χ4v) is 6.97. The standard InChI is InChI=1S/C32H27F6NOS2/c1-4-23(39)17-40-24-12-10-21(11-13-24)27-15-22(18(2)41-27)14-26-29(31(35,36)32(37,38)30(26,33)34)25-16-28(42-19(25)3)20-8-6-5-7-9-20/h4-13,15-16H,14,17,39H2,1-3H3/b23-4-. The Morgan fingerprint density at radius 1 is 0.810 bits per heavy atom. The fraction of sp³-hybridized carbons (Fsp3) is 0.250. The van der Waals surface area contributed by atoms with Crippen LogP contribution in [0.3, 0.4) is 0 Å². The minimum atomic E-state index is -5.58. The summed E-state index contributed by atoms with van der Waals surface area (Å²) in [5, 5.41) is 0. The Morgan fingerprint density at radius 2 is 1.40 bits per heavy atom. The van der Waals surface area contributed by atoms with Crippen LogP contribution in [0.15, 0.2) is 84.1 Å². The second kappa shape index (κ2) is 11.0. The van der Waals surface area contributed by atoms with Gasteiger partial charge in [0, 0.05) is 42.8 Å². The molecule has 2 nitrogen and oxygen atoms in total. The van der Waals surface area contributed by atoms with Crippen LogP contribution in [-0.2, 0) is 6.42 Å². The van der Waals surface area contributed by atoms with Crippen LogP contribution < -0.4 is 10.5 Å². The van der Waals surface area contributed by atoms with E-state index in [0.29, 0.717) is 31.6 Å². The molecule has 1 aliphatic rings. The second-order valence-corrected chi connectivity index (χ2v) is 12.6. The number of benzene rings is 2. The summed E-state index contributed by atoms with van der Waals surface area (Å²) in [6.45, 7) is 5.16. The maximum absolute atomic E-state index is 15.4. The molecule has 0 spiro atoms. The molecule has 220 valence electrons. The van der Waals surface area contributed by atoms with Crippen molar-refractivity contribution in [2.45, 2.75) is 45.0 Å². The van der Waals surface area contributed by atoms with Crippen molar-refractivity contribution >= 4 is 28.2 Å². The van der Waals surface area contributed by atoms with Crippen LogP contribution in [0.25, 0.3) is 26.5 Å². The number of rotatable bonds is 8. The number of thiophene rings is 2. The summed E-state index contributed by atoms with van der Waals surface area (Å²) in [5.74, 6) is -15.1. The van der Waals surface area contributed by atoms with E-state index in [-0.39, 0.29) is 22.6 Å². The van der Waals surface area contributed by atoms with Crippen molar-refractivity contribution in [3.8, 4) is 26.6 Å². The van der Waals surface area contributed by atoms with Gasteiger partial charge in [0.1, 0.15) is 12.4 Å². The quantitative estimate of drug-likeness (QED) is 0.199. The molecule has 2 aromatic carbocycles. The average Bonchev–Trinajstić information content (AvgIpc) is 3.55. The Labute approximate surface area is 247 Å². The smallest absolute Gasteiger partial charge is 0.380 e. The molecule has 0 amide bonds. The van der Waals surface area contributed by atoms with Crippen LogP contribution >= 0.6 is 22.7 Å². The van der Waals surface area contributed by atoms with Crippen LogP contribution in [0, 0.1) is 13.8 Å². The van der Waals surface area contributed by atoms with Crippen molar-refractivity contribution in [2.24, 2.45) is 5.73 Å². The summed E-state index contributed by atoms with van der Waals surface area (Å²) in [7, 11) is 0. The number of ether oxygens (including phenoxy) is 1. The molecule has 0 fully saturated rings. The molecule has 2 N–H and O–H groups in total. The Morgan fingerprint density at radius 3 is 2.05 bits per heavy atom. The van der Waals surface area contributed by atoms with E-state index in [1.54, 1.807) is 80.6 Å². The van der Waals surface area contributed by atoms with Gasteiger partial charge < -0.3 is 10.5 Å². The lowest BCUT2D eigenvalue weighted by atomic mass is 9.95. The first kappa shape index (κ1) is 30.0. The topological polar surface area (TPSA) is 35.2 Å².